The molecule has 27 heavy (non-hydrogen) atoms. The van der Waals surface area contributed by atoms with Crippen molar-refractivity contribution in [3.8, 4) is 0 Å². The first-order valence-electron chi connectivity index (χ1n) is 8.75. The summed E-state index contributed by atoms with van der Waals surface area (Å²) in [4.78, 5) is 47.6. The van der Waals surface area contributed by atoms with E-state index in [4.69, 9.17) is 4.74 Å². The maximum atomic E-state index is 13.0. The lowest BCUT2D eigenvalue weighted by atomic mass is 9.87. The van der Waals surface area contributed by atoms with E-state index in [1.54, 1.807) is 20.8 Å². The van der Waals surface area contributed by atoms with Gasteiger partial charge in [-0.2, -0.15) is 0 Å². The number of carbonyl (C=O) groups excluding carboxylic acids is 3. The number of hydrogen-bond donors (Lipinski definition) is 2. The van der Waals surface area contributed by atoms with E-state index in [-0.39, 0.29) is 17.9 Å². The topological polar surface area (TPSA) is 110 Å². The van der Waals surface area contributed by atoms with Crippen LogP contribution in [0.25, 0.3) is 0 Å². The Bertz CT molecular complexity index is 687. The highest BCUT2D eigenvalue weighted by molar-refractivity contribution is 6.07. The highest BCUT2D eigenvalue weighted by Gasteiger charge is 2.35. The number of alkyl carbamates (subject to hydrolysis) is 1. The lowest BCUT2D eigenvalue weighted by Gasteiger charge is -2.25. The first-order chi connectivity index (χ1) is 12.4. The molecule has 0 aliphatic rings. The molecule has 0 aromatic heterocycles. The second kappa shape index (κ2) is 9.30. The van der Waals surface area contributed by atoms with Crippen LogP contribution in [0.5, 0.6) is 0 Å². The second-order valence-corrected chi connectivity index (χ2v) is 7.79. The summed E-state index contributed by atoms with van der Waals surface area (Å²) < 4.78 is 5.19. The van der Waals surface area contributed by atoms with Crippen LogP contribution in [0.1, 0.15) is 62.9 Å². The molecule has 148 valence electrons. The third kappa shape index (κ3) is 7.21. The number of aldehydes is 1. The summed E-state index contributed by atoms with van der Waals surface area (Å²) in [5.41, 5.74) is -0.120. The van der Waals surface area contributed by atoms with Crippen molar-refractivity contribution >= 4 is 24.1 Å². The minimum absolute atomic E-state index is 0.0424. The average molecular weight is 377 g/mol. The number of ketones is 1. The molecule has 0 radical (unpaired) electrons. The van der Waals surface area contributed by atoms with Crippen molar-refractivity contribution < 1.29 is 29.0 Å². The standard InChI is InChI=1S/C20H27NO6/c1-12(2)10-15(21-19(26)27-20(3,4)5)17(23)16(18(24)25)14-8-6-13(11-22)7-9-14/h6-9,11-12,15-16H,10H2,1-5H3,(H,21,26)(H,24,25)/t15-,16?/m0/s1. The smallest absolute Gasteiger partial charge is 0.408 e. The number of carbonyl (C=O) groups is 4. The van der Waals surface area contributed by atoms with E-state index < -0.39 is 35.4 Å². The van der Waals surface area contributed by atoms with Gasteiger partial charge in [-0.15, -0.1) is 0 Å². The summed E-state index contributed by atoms with van der Waals surface area (Å²) in [6, 6.07) is 4.75. The van der Waals surface area contributed by atoms with Crippen molar-refractivity contribution in [2.45, 2.75) is 58.6 Å². The molecule has 2 atom stereocenters. The SMILES string of the molecule is CC(C)C[C@H](NC(=O)OC(C)(C)C)C(=O)C(C(=O)O)c1ccc(C=O)cc1. The van der Waals surface area contributed by atoms with Crippen LogP contribution in [0, 0.1) is 5.92 Å². The molecular weight excluding hydrogens is 350 g/mol. The molecule has 1 rings (SSSR count). The molecule has 0 aliphatic heterocycles. The van der Waals surface area contributed by atoms with E-state index in [1.165, 1.54) is 24.3 Å². The number of nitrogens with one attached hydrogen (secondary N) is 1. The van der Waals surface area contributed by atoms with Gasteiger partial charge in [0, 0.05) is 5.56 Å². The quantitative estimate of drug-likeness (QED) is 0.532. The van der Waals surface area contributed by atoms with Gasteiger partial charge in [0.1, 0.15) is 17.8 Å². The fourth-order valence-corrected chi connectivity index (χ4v) is 2.56. The molecule has 1 unspecified atom stereocenters. The summed E-state index contributed by atoms with van der Waals surface area (Å²) in [6.45, 7) is 8.82. The Morgan fingerprint density at radius 1 is 1.15 bits per heavy atom. The fraction of sp³-hybridized carbons (Fsp3) is 0.500. The number of carboxylic acid groups (broad SMARTS) is 1. The van der Waals surface area contributed by atoms with Crippen LogP contribution in [-0.4, -0.2) is 40.9 Å². The Balaban J connectivity index is 3.12. The number of aliphatic carboxylic acids is 1. The molecular formula is C20H27NO6. The largest absolute Gasteiger partial charge is 0.480 e. The molecule has 0 saturated heterocycles. The zero-order valence-electron chi connectivity index (χ0n) is 16.3. The first-order valence-corrected chi connectivity index (χ1v) is 8.75. The predicted molar refractivity (Wildman–Crippen MR) is 99.8 cm³/mol. The van der Waals surface area contributed by atoms with Crippen LogP contribution in [0.15, 0.2) is 24.3 Å². The average Bonchev–Trinajstić information content (AvgIpc) is 2.52. The molecule has 0 bridgehead atoms. The van der Waals surface area contributed by atoms with Gasteiger partial charge in [-0.1, -0.05) is 38.1 Å². The fourth-order valence-electron chi connectivity index (χ4n) is 2.56. The van der Waals surface area contributed by atoms with Crippen molar-refractivity contribution in [1.29, 1.82) is 0 Å². The van der Waals surface area contributed by atoms with Gasteiger partial charge in [0.25, 0.3) is 0 Å². The van der Waals surface area contributed by atoms with Gasteiger partial charge in [0.05, 0.1) is 6.04 Å². The molecule has 1 amide bonds. The molecule has 1 aromatic rings. The maximum Gasteiger partial charge on any atom is 0.408 e. The van der Waals surface area contributed by atoms with Crippen LogP contribution >= 0.6 is 0 Å². The van der Waals surface area contributed by atoms with Crippen molar-refractivity contribution in [3.63, 3.8) is 0 Å². The molecule has 2 N–H and O–H groups in total. The monoisotopic (exact) mass is 377 g/mol. The van der Waals surface area contributed by atoms with Gasteiger partial charge in [-0.05, 0) is 38.7 Å². The molecule has 7 nitrogen and oxygen atoms in total. The number of carboxylic acids is 1. The highest BCUT2D eigenvalue weighted by Crippen LogP contribution is 2.22. The summed E-state index contributed by atoms with van der Waals surface area (Å²) in [7, 11) is 0. The number of rotatable bonds is 8. The second-order valence-electron chi connectivity index (χ2n) is 7.79. The summed E-state index contributed by atoms with van der Waals surface area (Å²) in [5.74, 6) is -3.37. The molecule has 0 fully saturated rings. The van der Waals surface area contributed by atoms with E-state index in [0.717, 1.165) is 0 Å². The molecule has 1 aromatic carbocycles. The van der Waals surface area contributed by atoms with Crippen LogP contribution < -0.4 is 5.32 Å². The number of ether oxygens (including phenoxy) is 1. The van der Waals surface area contributed by atoms with Crippen molar-refractivity contribution in [3.05, 3.63) is 35.4 Å². The Kier molecular flexibility index (Phi) is 7.69. The van der Waals surface area contributed by atoms with Crippen molar-refractivity contribution in [2.75, 3.05) is 0 Å². The summed E-state index contributed by atoms with van der Waals surface area (Å²) in [6.07, 6.45) is 0.128. The van der Waals surface area contributed by atoms with Crippen LogP contribution in [0.3, 0.4) is 0 Å². The van der Waals surface area contributed by atoms with Gasteiger partial charge in [-0.3, -0.25) is 14.4 Å². The molecule has 0 aliphatic carbocycles. The Morgan fingerprint density at radius 2 is 1.70 bits per heavy atom. The molecule has 7 heteroatoms. The van der Waals surface area contributed by atoms with E-state index in [2.05, 4.69) is 5.32 Å². The van der Waals surface area contributed by atoms with Gasteiger partial charge in [-0.25, -0.2) is 4.79 Å². The van der Waals surface area contributed by atoms with E-state index in [9.17, 15) is 24.3 Å². The van der Waals surface area contributed by atoms with E-state index in [0.29, 0.717) is 11.8 Å². The van der Waals surface area contributed by atoms with Gasteiger partial charge in [0.2, 0.25) is 0 Å². The first kappa shape index (κ1) is 22.3. The van der Waals surface area contributed by atoms with Gasteiger partial charge < -0.3 is 15.2 Å². The lowest BCUT2D eigenvalue weighted by Crippen LogP contribution is -2.47. The van der Waals surface area contributed by atoms with E-state index >= 15 is 0 Å². The molecule has 0 saturated carbocycles. The van der Waals surface area contributed by atoms with E-state index in [1.807, 2.05) is 13.8 Å². The predicted octanol–water partition coefficient (Wildman–Crippen LogP) is 3.18. The Morgan fingerprint density at radius 3 is 2.11 bits per heavy atom. The lowest BCUT2D eigenvalue weighted by molar-refractivity contribution is -0.143. The summed E-state index contributed by atoms with van der Waals surface area (Å²) in [5, 5.41) is 12.1. The van der Waals surface area contributed by atoms with Crippen LogP contribution in [0.2, 0.25) is 0 Å². The maximum absolute atomic E-state index is 13.0. The highest BCUT2D eigenvalue weighted by atomic mass is 16.6. The van der Waals surface area contributed by atoms with Crippen LogP contribution in [-0.2, 0) is 14.3 Å². The third-order valence-corrected chi connectivity index (χ3v) is 3.68. The molecule has 0 heterocycles. The van der Waals surface area contributed by atoms with Gasteiger partial charge in [0.15, 0.2) is 5.78 Å². The third-order valence-electron chi connectivity index (χ3n) is 3.68. The Hall–Kier alpha value is -2.70. The molecule has 0 spiro atoms. The number of Topliss-reactive ketones (excluding diaryl/α,β-unsaturated/α-hetero) is 1. The number of hydrogen-bond acceptors (Lipinski definition) is 5. The Labute approximate surface area is 159 Å². The normalized spacial score (nSPS) is 13.6. The zero-order chi connectivity index (χ0) is 20.8. The van der Waals surface area contributed by atoms with Crippen LogP contribution in [0.4, 0.5) is 4.79 Å². The minimum Gasteiger partial charge on any atom is -0.480 e. The zero-order valence-corrected chi connectivity index (χ0v) is 16.3. The summed E-state index contributed by atoms with van der Waals surface area (Å²) >= 11 is 0. The number of benzene rings is 1. The van der Waals surface area contributed by atoms with Gasteiger partial charge >= 0.3 is 12.1 Å². The number of amides is 1. The minimum atomic E-state index is -1.45. The van der Waals surface area contributed by atoms with Crippen molar-refractivity contribution in [2.24, 2.45) is 5.92 Å². The van der Waals surface area contributed by atoms with Crippen molar-refractivity contribution in [1.82, 2.24) is 5.32 Å².